The van der Waals surface area contributed by atoms with E-state index in [2.05, 4.69) is 55.2 Å². The van der Waals surface area contributed by atoms with Gasteiger partial charge < -0.3 is 5.11 Å². The minimum absolute atomic E-state index is 0.00420. The van der Waals surface area contributed by atoms with Gasteiger partial charge in [-0.25, -0.2) is 4.79 Å². The molecule has 5 rings (SSSR count). The van der Waals surface area contributed by atoms with Gasteiger partial charge in [0, 0.05) is 16.8 Å². The SMILES string of the molecule is Cc1ccc(-c2n[nH]c3c2[C@H](c2ccc(C(C)(C)C)cc2)N(c2ccc(C(=O)O)cc2)C3=O)cc1. The molecule has 0 fully saturated rings. The molecule has 1 aromatic heterocycles. The van der Waals surface area contributed by atoms with Gasteiger partial charge in [0.2, 0.25) is 0 Å². The second kappa shape index (κ2) is 8.24. The van der Waals surface area contributed by atoms with E-state index < -0.39 is 12.0 Å². The summed E-state index contributed by atoms with van der Waals surface area (Å²) in [6.07, 6.45) is 0. The zero-order valence-electron chi connectivity index (χ0n) is 20.2. The number of amides is 1. The summed E-state index contributed by atoms with van der Waals surface area (Å²) in [6, 6.07) is 22.4. The van der Waals surface area contributed by atoms with Gasteiger partial charge in [0.1, 0.15) is 5.69 Å². The second-order valence-electron chi connectivity index (χ2n) is 10.0. The molecular weight excluding hydrogens is 438 g/mol. The first-order valence-corrected chi connectivity index (χ1v) is 11.6. The molecule has 6 heteroatoms. The predicted molar refractivity (Wildman–Crippen MR) is 136 cm³/mol. The molecule has 0 saturated carbocycles. The fourth-order valence-corrected chi connectivity index (χ4v) is 4.59. The molecule has 1 atom stereocenters. The van der Waals surface area contributed by atoms with Crippen molar-refractivity contribution in [3.8, 4) is 11.3 Å². The lowest BCUT2D eigenvalue weighted by molar-refractivity contribution is 0.0696. The number of hydrogen-bond donors (Lipinski definition) is 2. The van der Waals surface area contributed by atoms with E-state index in [-0.39, 0.29) is 16.9 Å². The van der Waals surface area contributed by atoms with Crippen molar-refractivity contribution < 1.29 is 14.7 Å². The minimum atomic E-state index is -1.00. The van der Waals surface area contributed by atoms with Crippen LogP contribution in [-0.4, -0.2) is 27.2 Å². The molecule has 0 saturated heterocycles. The van der Waals surface area contributed by atoms with Gasteiger partial charge >= 0.3 is 5.97 Å². The normalized spacial score (nSPS) is 15.4. The molecule has 4 aromatic rings. The highest BCUT2D eigenvalue weighted by atomic mass is 16.4. The Kier molecular flexibility index (Phi) is 5.32. The summed E-state index contributed by atoms with van der Waals surface area (Å²) in [6.45, 7) is 8.54. The molecule has 0 unspecified atom stereocenters. The van der Waals surface area contributed by atoms with Crippen molar-refractivity contribution in [1.82, 2.24) is 10.2 Å². The van der Waals surface area contributed by atoms with E-state index in [0.717, 1.165) is 27.9 Å². The van der Waals surface area contributed by atoms with Gasteiger partial charge in [0.15, 0.2) is 0 Å². The van der Waals surface area contributed by atoms with Crippen molar-refractivity contribution in [1.29, 1.82) is 0 Å². The molecule has 2 N–H and O–H groups in total. The Labute approximate surface area is 204 Å². The molecule has 6 nitrogen and oxygen atoms in total. The van der Waals surface area contributed by atoms with Gasteiger partial charge in [-0.3, -0.25) is 14.8 Å². The molecule has 3 aromatic carbocycles. The Hall–Kier alpha value is -4.19. The van der Waals surface area contributed by atoms with Crippen LogP contribution in [0.4, 0.5) is 5.69 Å². The number of rotatable bonds is 4. The number of aromatic nitrogens is 2. The molecule has 1 amide bonds. The van der Waals surface area contributed by atoms with Crippen LogP contribution in [0.2, 0.25) is 0 Å². The van der Waals surface area contributed by atoms with Gasteiger partial charge in [-0.05, 0) is 47.7 Å². The molecule has 35 heavy (non-hydrogen) atoms. The van der Waals surface area contributed by atoms with Crippen LogP contribution < -0.4 is 4.90 Å². The summed E-state index contributed by atoms with van der Waals surface area (Å²) in [4.78, 5) is 26.7. The summed E-state index contributed by atoms with van der Waals surface area (Å²) < 4.78 is 0. The van der Waals surface area contributed by atoms with Crippen LogP contribution in [0.15, 0.2) is 72.8 Å². The lowest BCUT2D eigenvalue weighted by Gasteiger charge is -2.27. The van der Waals surface area contributed by atoms with E-state index in [1.165, 1.54) is 17.7 Å². The van der Waals surface area contributed by atoms with E-state index in [4.69, 9.17) is 0 Å². The summed E-state index contributed by atoms with van der Waals surface area (Å²) in [5.74, 6) is -1.20. The number of aromatic carboxylic acids is 1. The maximum atomic E-state index is 13.7. The average Bonchev–Trinajstić information content (AvgIpc) is 3.38. The molecule has 0 spiro atoms. The highest BCUT2D eigenvalue weighted by Gasteiger charge is 2.43. The highest BCUT2D eigenvalue weighted by molar-refractivity contribution is 6.11. The number of nitrogens with one attached hydrogen (secondary N) is 1. The number of aryl methyl sites for hydroxylation is 1. The maximum Gasteiger partial charge on any atom is 0.335 e. The fourth-order valence-electron chi connectivity index (χ4n) is 4.59. The number of H-pyrrole nitrogens is 1. The molecular formula is C29H27N3O3. The Morgan fingerprint density at radius 2 is 1.57 bits per heavy atom. The van der Waals surface area contributed by atoms with Crippen molar-refractivity contribution in [3.05, 3.63) is 106 Å². The average molecular weight is 466 g/mol. The van der Waals surface area contributed by atoms with Crippen LogP contribution >= 0.6 is 0 Å². The Morgan fingerprint density at radius 3 is 2.14 bits per heavy atom. The highest BCUT2D eigenvalue weighted by Crippen LogP contribution is 2.45. The van der Waals surface area contributed by atoms with Crippen LogP contribution in [0.25, 0.3) is 11.3 Å². The van der Waals surface area contributed by atoms with E-state index in [1.807, 2.05) is 31.2 Å². The predicted octanol–water partition coefficient (Wildman–Crippen LogP) is 6.13. The van der Waals surface area contributed by atoms with Gasteiger partial charge in [0.25, 0.3) is 5.91 Å². The van der Waals surface area contributed by atoms with Crippen LogP contribution in [0.5, 0.6) is 0 Å². The van der Waals surface area contributed by atoms with Crippen molar-refractivity contribution in [3.63, 3.8) is 0 Å². The third-order valence-electron chi connectivity index (χ3n) is 6.58. The molecule has 176 valence electrons. The number of fused-ring (bicyclic) bond motifs is 1. The quantitative estimate of drug-likeness (QED) is 0.380. The summed E-state index contributed by atoms with van der Waals surface area (Å²) in [5.41, 5.74) is 7.06. The number of carbonyl (C=O) groups excluding carboxylic acids is 1. The number of anilines is 1. The number of nitrogens with zero attached hydrogens (tertiary/aromatic N) is 2. The topological polar surface area (TPSA) is 86.3 Å². The third-order valence-corrected chi connectivity index (χ3v) is 6.58. The van der Waals surface area contributed by atoms with Crippen LogP contribution in [0, 0.1) is 6.92 Å². The second-order valence-corrected chi connectivity index (χ2v) is 10.0. The Bertz CT molecular complexity index is 1410. The Morgan fingerprint density at radius 1 is 0.943 bits per heavy atom. The number of carboxylic acids is 1. The number of aromatic amines is 1. The number of carboxylic acid groups (broad SMARTS) is 1. The van der Waals surface area contributed by atoms with Gasteiger partial charge in [0.05, 0.1) is 17.3 Å². The van der Waals surface area contributed by atoms with Crippen molar-refractivity contribution in [2.24, 2.45) is 0 Å². The zero-order chi connectivity index (χ0) is 24.9. The molecule has 2 heterocycles. The summed E-state index contributed by atoms with van der Waals surface area (Å²) >= 11 is 0. The lowest BCUT2D eigenvalue weighted by atomic mass is 9.85. The smallest absolute Gasteiger partial charge is 0.335 e. The van der Waals surface area contributed by atoms with E-state index in [0.29, 0.717) is 11.4 Å². The van der Waals surface area contributed by atoms with E-state index in [9.17, 15) is 14.7 Å². The van der Waals surface area contributed by atoms with Crippen LogP contribution in [0.3, 0.4) is 0 Å². The van der Waals surface area contributed by atoms with Crippen molar-refractivity contribution in [2.75, 3.05) is 4.90 Å². The van der Waals surface area contributed by atoms with E-state index >= 15 is 0 Å². The van der Waals surface area contributed by atoms with Gasteiger partial charge in [-0.2, -0.15) is 5.10 Å². The number of benzene rings is 3. The molecule has 0 radical (unpaired) electrons. The largest absolute Gasteiger partial charge is 0.478 e. The summed E-state index contributed by atoms with van der Waals surface area (Å²) in [5, 5.41) is 16.8. The molecule has 1 aliphatic rings. The number of carbonyl (C=O) groups is 2. The monoisotopic (exact) mass is 465 g/mol. The lowest BCUT2D eigenvalue weighted by Crippen LogP contribution is -2.29. The molecule has 1 aliphatic heterocycles. The number of hydrogen-bond acceptors (Lipinski definition) is 3. The van der Waals surface area contributed by atoms with Crippen molar-refractivity contribution in [2.45, 2.75) is 39.2 Å². The van der Waals surface area contributed by atoms with Gasteiger partial charge in [-0.15, -0.1) is 0 Å². The first-order valence-electron chi connectivity index (χ1n) is 11.6. The fraction of sp³-hybridized carbons (Fsp3) is 0.207. The Balaban J connectivity index is 1.67. The van der Waals surface area contributed by atoms with E-state index in [1.54, 1.807) is 17.0 Å². The molecule has 0 bridgehead atoms. The first kappa shape index (κ1) is 22.6. The van der Waals surface area contributed by atoms with Crippen LogP contribution in [0.1, 0.15) is 69.9 Å². The molecule has 0 aliphatic carbocycles. The van der Waals surface area contributed by atoms with Crippen molar-refractivity contribution >= 4 is 17.6 Å². The zero-order valence-corrected chi connectivity index (χ0v) is 20.2. The van der Waals surface area contributed by atoms with Gasteiger partial charge in [-0.1, -0.05) is 74.9 Å². The minimum Gasteiger partial charge on any atom is -0.478 e. The summed E-state index contributed by atoms with van der Waals surface area (Å²) in [7, 11) is 0. The first-order chi connectivity index (χ1) is 16.6. The standard InChI is InChI=1S/C29H27N3O3/c1-17-5-7-18(8-6-17)24-23-25(31-30-24)27(33)32(22-15-11-20(12-16-22)28(34)35)26(23)19-9-13-21(14-10-19)29(2,3)4/h5-16,26H,1-4H3,(H,30,31)(H,34,35)/t26-/m0/s1. The maximum absolute atomic E-state index is 13.7. The van der Waals surface area contributed by atoms with Crippen LogP contribution in [-0.2, 0) is 5.41 Å². The third kappa shape index (κ3) is 3.91.